The average molecular weight is 147 g/mol. The minimum atomic E-state index is 0.679. The largest absolute Gasteiger partial charge is 0.330 e. The number of hydroxylamine groups is 1. The Labute approximate surface area is 61.9 Å². The van der Waals surface area contributed by atoms with Crippen LogP contribution in [0.15, 0.2) is 0 Å². The molecule has 4 nitrogen and oxygen atoms in total. The second-order valence-electron chi connectivity index (χ2n) is 2.03. The third kappa shape index (κ3) is 7.84. The van der Waals surface area contributed by atoms with E-state index in [0.717, 1.165) is 19.4 Å². The lowest BCUT2D eigenvalue weighted by atomic mass is 10.4. The number of nitrogens with two attached hydrogens (primary N) is 2. The molecule has 0 bridgehead atoms. The normalized spacial score (nSPS) is 10.2. The Kier molecular flexibility index (Phi) is 8.70. The van der Waals surface area contributed by atoms with Gasteiger partial charge in [0.1, 0.15) is 0 Å². The van der Waals surface area contributed by atoms with Gasteiger partial charge in [-0.15, -0.1) is 0 Å². The summed E-state index contributed by atoms with van der Waals surface area (Å²) in [5.41, 5.74) is 13.3. The molecule has 0 aromatic carbocycles. The van der Waals surface area contributed by atoms with Gasteiger partial charge >= 0.3 is 0 Å². The molecule has 0 rings (SSSR count). The molecule has 0 aromatic heterocycles. The maximum Gasteiger partial charge on any atom is 0.0694 e. The van der Waals surface area contributed by atoms with Gasteiger partial charge in [-0.25, -0.2) is 5.48 Å². The van der Waals surface area contributed by atoms with Crippen molar-refractivity contribution in [1.82, 2.24) is 5.48 Å². The van der Waals surface area contributed by atoms with Crippen LogP contribution in [0.25, 0.3) is 0 Å². The van der Waals surface area contributed by atoms with E-state index in [-0.39, 0.29) is 0 Å². The summed E-state index contributed by atoms with van der Waals surface area (Å²) in [6.07, 6.45) is 1.85. The van der Waals surface area contributed by atoms with Crippen LogP contribution in [0.3, 0.4) is 0 Å². The molecular formula is C6H17N3O. The highest BCUT2D eigenvalue weighted by molar-refractivity contribution is 4.38. The highest BCUT2D eigenvalue weighted by Gasteiger charge is 1.85. The molecule has 10 heavy (non-hydrogen) atoms. The minimum Gasteiger partial charge on any atom is -0.330 e. The third-order valence-corrected chi connectivity index (χ3v) is 1.04. The fourth-order valence-electron chi connectivity index (χ4n) is 0.474. The highest BCUT2D eigenvalue weighted by atomic mass is 16.6. The van der Waals surface area contributed by atoms with E-state index >= 15 is 0 Å². The predicted octanol–water partition coefficient (Wildman–Crippen LogP) is -0.795. The van der Waals surface area contributed by atoms with Gasteiger partial charge in [0.05, 0.1) is 6.61 Å². The van der Waals surface area contributed by atoms with Gasteiger partial charge in [-0.2, -0.15) is 0 Å². The summed E-state index contributed by atoms with van der Waals surface area (Å²) < 4.78 is 0. The van der Waals surface area contributed by atoms with Crippen molar-refractivity contribution < 1.29 is 4.84 Å². The van der Waals surface area contributed by atoms with Crippen LogP contribution in [-0.2, 0) is 4.84 Å². The minimum absolute atomic E-state index is 0.679. The molecule has 5 N–H and O–H groups in total. The van der Waals surface area contributed by atoms with Crippen molar-refractivity contribution in [1.29, 1.82) is 0 Å². The molecule has 0 aliphatic carbocycles. The molecule has 0 saturated heterocycles. The molecule has 0 aliphatic rings. The van der Waals surface area contributed by atoms with E-state index in [9.17, 15) is 0 Å². The quantitative estimate of drug-likeness (QED) is 0.326. The van der Waals surface area contributed by atoms with Crippen LogP contribution in [0.2, 0.25) is 0 Å². The Bertz CT molecular complexity index is 53.0. The molecule has 0 saturated carbocycles. The fraction of sp³-hybridized carbons (Fsp3) is 1.00. The third-order valence-electron chi connectivity index (χ3n) is 1.04. The van der Waals surface area contributed by atoms with Gasteiger partial charge in [0, 0.05) is 6.54 Å². The van der Waals surface area contributed by atoms with Crippen LogP contribution in [0.5, 0.6) is 0 Å². The van der Waals surface area contributed by atoms with Crippen molar-refractivity contribution in [2.75, 3.05) is 26.2 Å². The molecule has 0 fully saturated rings. The Morgan fingerprint density at radius 2 is 1.80 bits per heavy atom. The Balaban J connectivity index is 2.65. The van der Waals surface area contributed by atoms with Gasteiger partial charge in [-0.3, -0.25) is 0 Å². The molecule has 0 radical (unpaired) electrons. The maximum atomic E-state index is 5.25. The second-order valence-corrected chi connectivity index (χ2v) is 2.03. The average Bonchev–Trinajstić information content (AvgIpc) is 1.97. The van der Waals surface area contributed by atoms with Gasteiger partial charge in [-0.05, 0) is 25.9 Å². The van der Waals surface area contributed by atoms with Crippen molar-refractivity contribution in [2.45, 2.75) is 12.8 Å². The summed E-state index contributed by atoms with van der Waals surface area (Å²) in [6.45, 7) is 2.88. The molecule has 4 heteroatoms. The van der Waals surface area contributed by atoms with Gasteiger partial charge in [0.2, 0.25) is 0 Å². The van der Waals surface area contributed by atoms with E-state index in [1.807, 2.05) is 0 Å². The Hall–Kier alpha value is -0.160. The highest BCUT2D eigenvalue weighted by Crippen LogP contribution is 1.75. The van der Waals surface area contributed by atoms with Crippen LogP contribution in [0.1, 0.15) is 12.8 Å². The lowest BCUT2D eigenvalue weighted by Crippen LogP contribution is -2.20. The van der Waals surface area contributed by atoms with Crippen molar-refractivity contribution in [3.05, 3.63) is 0 Å². The molecule has 0 heterocycles. The van der Waals surface area contributed by atoms with Crippen molar-refractivity contribution in [3.8, 4) is 0 Å². The predicted molar refractivity (Wildman–Crippen MR) is 41.3 cm³/mol. The smallest absolute Gasteiger partial charge is 0.0694 e. The SMILES string of the molecule is NCCCNOCCCN. The number of hydrogen-bond donors (Lipinski definition) is 3. The molecule has 0 aromatic rings. The van der Waals surface area contributed by atoms with Crippen molar-refractivity contribution >= 4 is 0 Å². The summed E-state index contributed by atoms with van der Waals surface area (Å²) >= 11 is 0. The first-order chi connectivity index (χ1) is 4.91. The molecule has 62 valence electrons. The first kappa shape index (κ1) is 9.84. The second kappa shape index (κ2) is 8.84. The van der Waals surface area contributed by atoms with Crippen LogP contribution < -0.4 is 16.9 Å². The zero-order chi connectivity index (χ0) is 7.66. The number of rotatable bonds is 7. The molecule has 0 atom stereocenters. The van der Waals surface area contributed by atoms with E-state index in [1.54, 1.807) is 0 Å². The maximum absolute atomic E-state index is 5.25. The summed E-state index contributed by atoms with van der Waals surface area (Å²) in [6, 6.07) is 0. The lowest BCUT2D eigenvalue weighted by Gasteiger charge is -2.02. The first-order valence-electron chi connectivity index (χ1n) is 3.66. The van der Waals surface area contributed by atoms with E-state index in [1.165, 1.54) is 0 Å². The molecule has 0 amide bonds. The molecule has 0 unspecified atom stereocenters. The Morgan fingerprint density at radius 1 is 1.10 bits per heavy atom. The summed E-state index contributed by atoms with van der Waals surface area (Å²) in [4.78, 5) is 4.99. The fourth-order valence-corrected chi connectivity index (χ4v) is 0.474. The van der Waals surface area contributed by atoms with Crippen molar-refractivity contribution in [2.24, 2.45) is 11.5 Å². The molecular weight excluding hydrogens is 130 g/mol. The van der Waals surface area contributed by atoms with Crippen LogP contribution in [-0.4, -0.2) is 26.2 Å². The summed E-state index contributed by atoms with van der Waals surface area (Å²) in [5, 5.41) is 0. The van der Waals surface area contributed by atoms with Gasteiger partial charge in [-0.1, -0.05) is 0 Å². The zero-order valence-electron chi connectivity index (χ0n) is 6.31. The van der Waals surface area contributed by atoms with Gasteiger partial charge in [0.15, 0.2) is 0 Å². The van der Waals surface area contributed by atoms with E-state index in [2.05, 4.69) is 5.48 Å². The standard InChI is InChI=1S/C6H17N3O/c7-3-1-5-9-10-6-2-4-8/h9H,1-8H2. The first-order valence-corrected chi connectivity index (χ1v) is 3.66. The summed E-state index contributed by atoms with van der Waals surface area (Å²) in [7, 11) is 0. The number of nitrogens with one attached hydrogen (secondary N) is 1. The van der Waals surface area contributed by atoms with Gasteiger partial charge in [0.25, 0.3) is 0 Å². The topological polar surface area (TPSA) is 73.3 Å². The Morgan fingerprint density at radius 3 is 2.40 bits per heavy atom. The molecule has 0 aliphatic heterocycles. The zero-order valence-corrected chi connectivity index (χ0v) is 6.31. The molecule has 0 spiro atoms. The van der Waals surface area contributed by atoms with E-state index in [4.69, 9.17) is 16.3 Å². The summed E-state index contributed by atoms with van der Waals surface area (Å²) in [5.74, 6) is 0. The van der Waals surface area contributed by atoms with E-state index < -0.39 is 0 Å². The van der Waals surface area contributed by atoms with Crippen molar-refractivity contribution in [3.63, 3.8) is 0 Å². The van der Waals surface area contributed by atoms with Gasteiger partial charge < -0.3 is 16.3 Å². The van der Waals surface area contributed by atoms with E-state index in [0.29, 0.717) is 19.7 Å². The monoisotopic (exact) mass is 147 g/mol. The van der Waals surface area contributed by atoms with Crippen LogP contribution in [0, 0.1) is 0 Å². The van der Waals surface area contributed by atoms with Crippen LogP contribution in [0.4, 0.5) is 0 Å². The number of hydrogen-bond acceptors (Lipinski definition) is 4. The lowest BCUT2D eigenvalue weighted by molar-refractivity contribution is 0.0405. The van der Waals surface area contributed by atoms with Crippen LogP contribution >= 0.6 is 0 Å².